The van der Waals surface area contributed by atoms with Crippen LogP contribution in [-0.2, 0) is 4.79 Å². The van der Waals surface area contributed by atoms with E-state index in [4.69, 9.17) is 22.1 Å². The zero-order valence-corrected chi connectivity index (χ0v) is 7.21. The Hall–Kier alpha value is -1.34. The van der Waals surface area contributed by atoms with Crippen LogP contribution >= 0.6 is 0 Å². The van der Waals surface area contributed by atoms with Crippen LogP contribution in [-0.4, -0.2) is 29.7 Å². The quantitative estimate of drug-likeness (QED) is 0.0984. The van der Waals surface area contributed by atoms with E-state index < -0.39 is 11.9 Å². The lowest BCUT2D eigenvalue weighted by atomic mass is 10.1. The minimum Gasteiger partial charge on any atom is -0.370 e. The number of amides is 1. The summed E-state index contributed by atoms with van der Waals surface area (Å²) in [6.07, 6.45) is 1.03. The largest absolute Gasteiger partial charge is 0.370 e. The summed E-state index contributed by atoms with van der Waals surface area (Å²) in [6.45, 7) is 0.488. The predicted molar refractivity (Wildman–Crippen MR) is 47.1 cm³/mol. The lowest BCUT2D eigenvalue weighted by Crippen LogP contribution is -2.39. The highest BCUT2D eigenvalue weighted by molar-refractivity contribution is 5.80. The van der Waals surface area contributed by atoms with Gasteiger partial charge in [0.2, 0.25) is 0 Å². The van der Waals surface area contributed by atoms with Gasteiger partial charge in [-0.15, -0.1) is 0 Å². The second kappa shape index (κ2) is 6.21. The minimum absolute atomic E-state index is 0.111. The van der Waals surface area contributed by atoms with E-state index >= 15 is 0 Å². The molecule has 0 rings (SSSR count). The van der Waals surface area contributed by atoms with Crippen LogP contribution in [0, 0.1) is 5.41 Å². The summed E-state index contributed by atoms with van der Waals surface area (Å²) in [6, 6.07) is -0.723. The Balaban J connectivity index is 3.42. The average Bonchev–Trinajstić information content (AvgIpc) is 2.10. The summed E-state index contributed by atoms with van der Waals surface area (Å²) in [5, 5.41) is 17.6. The van der Waals surface area contributed by atoms with Gasteiger partial charge in [0, 0.05) is 6.54 Å². The topological polar surface area (TPSA) is 137 Å². The number of nitrogens with two attached hydrogens (primary N) is 2. The number of nitrogens with one attached hydrogen (secondary N) is 3. The Morgan fingerprint density at radius 1 is 1.62 bits per heavy atom. The number of hydrogen-bond donors (Lipinski definition) is 6. The average molecular weight is 189 g/mol. The first-order chi connectivity index (χ1) is 6.07. The summed E-state index contributed by atoms with van der Waals surface area (Å²) in [7, 11) is 0. The Bertz CT molecular complexity index is 184. The van der Waals surface area contributed by atoms with E-state index in [0.717, 1.165) is 0 Å². The summed E-state index contributed by atoms with van der Waals surface area (Å²) >= 11 is 0. The number of hydrogen-bond acceptors (Lipinski definition) is 4. The maximum Gasteiger partial charge on any atom is 0.260 e. The van der Waals surface area contributed by atoms with Crippen molar-refractivity contribution in [3.05, 3.63) is 0 Å². The van der Waals surface area contributed by atoms with Crippen LogP contribution in [0.5, 0.6) is 0 Å². The molecule has 0 aromatic heterocycles. The fourth-order valence-corrected chi connectivity index (χ4v) is 0.759. The molecule has 0 saturated heterocycles. The molecule has 0 spiro atoms. The van der Waals surface area contributed by atoms with Crippen molar-refractivity contribution in [3.8, 4) is 0 Å². The zero-order chi connectivity index (χ0) is 10.3. The molecule has 7 heteroatoms. The number of guanidine groups is 1. The number of hydroxylamine groups is 1. The smallest absolute Gasteiger partial charge is 0.260 e. The van der Waals surface area contributed by atoms with E-state index in [1.165, 1.54) is 5.48 Å². The molecule has 0 aliphatic rings. The number of carbonyl (C=O) groups is 1. The SMILES string of the molecule is N=C(N)NCCCC(N)C(=O)NO. The van der Waals surface area contributed by atoms with Crippen LogP contribution in [0.2, 0.25) is 0 Å². The molecule has 0 fully saturated rings. The molecule has 1 atom stereocenters. The lowest BCUT2D eigenvalue weighted by Gasteiger charge is -2.08. The van der Waals surface area contributed by atoms with Gasteiger partial charge in [-0.3, -0.25) is 15.4 Å². The van der Waals surface area contributed by atoms with Crippen molar-refractivity contribution in [3.63, 3.8) is 0 Å². The summed E-state index contributed by atoms with van der Waals surface area (Å²) < 4.78 is 0. The molecule has 0 aromatic rings. The molecule has 0 aliphatic heterocycles. The molecule has 76 valence electrons. The molecule has 13 heavy (non-hydrogen) atoms. The first-order valence-electron chi connectivity index (χ1n) is 3.85. The van der Waals surface area contributed by atoms with Gasteiger partial charge in [-0.05, 0) is 12.8 Å². The van der Waals surface area contributed by atoms with Gasteiger partial charge in [-0.2, -0.15) is 0 Å². The monoisotopic (exact) mass is 189 g/mol. The molecule has 8 N–H and O–H groups in total. The van der Waals surface area contributed by atoms with Crippen LogP contribution in [0.4, 0.5) is 0 Å². The molecular formula is C6H15N5O2. The third-order valence-electron chi connectivity index (χ3n) is 1.45. The van der Waals surface area contributed by atoms with Gasteiger partial charge in [0.05, 0.1) is 6.04 Å². The first kappa shape index (κ1) is 11.7. The predicted octanol–water partition coefficient (Wildman–Crippen LogP) is -1.92. The van der Waals surface area contributed by atoms with E-state index in [9.17, 15) is 4.79 Å². The Morgan fingerprint density at radius 3 is 2.69 bits per heavy atom. The van der Waals surface area contributed by atoms with Crippen molar-refractivity contribution in [1.29, 1.82) is 5.41 Å². The van der Waals surface area contributed by atoms with Crippen LogP contribution in [0.3, 0.4) is 0 Å². The summed E-state index contributed by atoms with van der Waals surface area (Å²) in [5.74, 6) is -0.719. The molecule has 1 unspecified atom stereocenters. The Labute approximate surface area is 75.9 Å². The minimum atomic E-state index is -0.723. The Morgan fingerprint density at radius 2 is 2.23 bits per heavy atom. The fourth-order valence-electron chi connectivity index (χ4n) is 0.759. The molecule has 1 amide bonds. The molecule has 0 aliphatic carbocycles. The van der Waals surface area contributed by atoms with Crippen molar-refractivity contribution in [2.45, 2.75) is 18.9 Å². The van der Waals surface area contributed by atoms with Crippen LogP contribution in [0.25, 0.3) is 0 Å². The van der Waals surface area contributed by atoms with Gasteiger partial charge >= 0.3 is 0 Å². The second-order valence-electron chi connectivity index (χ2n) is 2.57. The van der Waals surface area contributed by atoms with Crippen molar-refractivity contribution < 1.29 is 10.0 Å². The fraction of sp³-hybridized carbons (Fsp3) is 0.667. The van der Waals surface area contributed by atoms with Gasteiger partial charge in [0.15, 0.2) is 5.96 Å². The van der Waals surface area contributed by atoms with Crippen molar-refractivity contribution in [2.24, 2.45) is 11.5 Å². The maximum atomic E-state index is 10.7. The normalized spacial score (nSPS) is 11.8. The third kappa shape index (κ3) is 5.88. The highest BCUT2D eigenvalue weighted by atomic mass is 16.5. The number of rotatable bonds is 5. The van der Waals surface area contributed by atoms with Crippen molar-refractivity contribution in [1.82, 2.24) is 10.8 Å². The molecule has 0 heterocycles. The van der Waals surface area contributed by atoms with E-state index in [1.54, 1.807) is 0 Å². The van der Waals surface area contributed by atoms with E-state index in [0.29, 0.717) is 19.4 Å². The standard InChI is InChI=1S/C6H15N5O2/c7-4(5(12)11-13)2-1-3-10-6(8)9/h4,13H,1-3,7H2,(H,11,12)(H4,8,9,10). The van der Waals surface area contributed by atoms with Gasteiger partial charge < -0.3 is 16.8 Å². The van der Waals surface area contributed by atoms with E-state index in [2.05, 4.69) is 5.32 Å². The molecular weight excluding hydrogens is 174 g/mol. The van der Waals surface area contributed by atoms with Crippen LogP contribution in [0.15, 0.2) is 0 Å². The highest BCUT2D eigenvalue weighted by Crippen LogP contribution is 1.92. The zero-order valence-electron chi connectivity index (χ0n) is 7.21. The lowest BCUT2D eigenvalue weighted by molar-refractivity contribution is -0.130. The molecule has 0 bridgehead atoms. The second-order valence-corrected chi connectivity index (χ2v) is 2.57. The van der Waals surface area contributed by atoms with Crippen LogP contribution in [0.1, 0.15) is 12.8 Å². The van der Waals surface area contributed by atoms with Crippen molar-refractivity contribution >= 4 is 11.9 Å². The van der Waals surface area contributed by atoms with Gasteiger partial charge in [-0.1, -0.05) is 0 Å². The number of carbonyl (C=O) groups excluding carboxylic acids is 1. The van der Waals surface area contributed by atoms with Gasteiger partial charge in [0.1, 0.15) is 0 Å². The van der Waals surface area contributed by atoms with Crippen LogP contribution < -0.4 is 22.3 Å². The van der Waals surface area contributed by atoms with E-state index in [-0.39, 0.29) is 5.96 Å². The Kier molecular flexibility index (Phi) is 5.57. The molecule has 0 saturated carbocycles. The molecule has 0 radical (unpaired) electrons. The highest BCUT2D eigenvalue weighted by Gasteiger charge is 2.10. The molecule has 0 aromatic carbocycles. The van der Waals surface area contributed by atoms with Crippen molar-refractivity contribution in [2.75, 3.05) is 6.54 Å². The van der Waals surface area contributed by atoms with E-state index in [1.807, 2.05) is 0 Å². The third-order valence-corrected chi connectivity index (χ3v) is 1.45. The van der Waals surface area contributed by atoms with Gasteiger partial charge in [0.25, 0.3) is 5.91 Å². The maximum absolute atomic E-state index is 10.7. The summed E-state index contributed by atoms with van der Waals surface area (Å²) in [4.78, 5) is 10.7. The first-order valence-corrected chi connectivity index (χ1v) is 3.85. The summed E-state index contributed by atoms with van der Waals surface area (Å²) in [5.41, 5.74) is 11.8. The van der Waals surface area contributed by atoms with Gasteiger partial charge in [-0.25, -0.2) is 5.48 Å². The molecule has 7 nitrogen and oxygen atoms in total.